The van der Waals surface area contributed by atoms with Crippen LogP contribution < -0.4 is 21.2 Å². The first kappa shape index (κ1) is 20.5. The SMILES string of the molecule is [Ni][CH2]C(P(c1ccccc1)c1ccccc1)P(c1ccccc1)c1ccccc1. The van der Waals surface area contributed by atoms with Crippen LogP contribution in [0.4, 0.5) is 0 Å². The van der Waals surface area contributed by atoms with Crippen LogP contribution in [0.3, 0.4) is 0 Å². The third-order valence-corrected chi connectivity index (χ3v) is 12.2. The van der Waals surface area contributed by atoms with Crippen molar-refractivity contribution in [3.05, 3.63) is 121 Å². The molecule has 0 heterocycles. The fourth-order valence-electron chi connectivity index (χ4n) is 3.57. The predicted molar refractivity (Wildman–Crippen MR) is 127 cm³/mol. The molecule has 0 spiro atoms. The molecule has 0 atom stereocenters. The molecule has 4 aromatic rings. The molecule has 0 aromatic heterocycles. The Kier molecular flexibility index (Phi) is 7.30. The molecule has 0 N–H and O–H groups in total. The minimum absolute atomic E-state index is 0.412. The van der Waals surface area contributed by atoms with Crippen LogP contribution in [0.25, 0.3) is 0 Å². The molecule has 0 radical (unpaired) electrons. The van der Waals surface area contributed by atoms with E-state index in [-0.39, 0.29) is 0 Å². The van der Waals surface area contributed by atoms with Gasteiger partial charge in [0.2, 0.25) is 0 Å². The number of hydrogen-bond acceptors (Lipinski definition) is 0. The first-order valence-corrected chi connectivity index (χ1v) is 13.2. The predicted octanol–water partition coefficient (Wildman–Crippen LogP) is 5.54. The molecule has 0 amide bonds. The molecule has 0 aliphatic rings. The molecular weight excluding hydrogens is 433 g/mol. The molecular formula is C26H23NiP2. The fourth-order valence-corrected chi connectivity index (χ4v) is 11.4. The maximum atomic E-state index is 5.51. The molecule has 0 bridgehead atoms. The topological polar surface area (TPSA) is 0 Å². The molecule has 0 fully saturated rings. The van der Waals surface area contributed by atoms with Gasteiger partial charge in [0, 0.05) is 0 Å². The van der Waals surface area contributed by atoms with Crippen LogP contribution in [-0.4, -0.2) is 5.40 Å². The van der Waals surface area contributed by atoms with Crippen molar-refractivity contribution in [3.63, 3.8) is 0 Å². The second-order valence-electron chi connectivity index (χ2n) is 6.69. The fraction of sp³-hybridized carbons (Fsp3) is 0.0769. The van der Waals surface area contributed by atoms with E-state index in [4.69, 9.17) is 15.5 Å². The maximum absolute atomic E-state index is 5.51. The second kappa shape index (κ2) is 10.3. The quantitative estimate of drug-likeness (QED) is 0.253. The molecule has 29 heavy (non-hydrogen) atoms. The van der Waals surface area contributed by atoms with E-state index in [9.17, 15) is 0 Å². The van der Waals surface area contributed by atoms with E-state index in [1.807, 2.05) is 0 Å². The summed E-state index contributed by atoms with van der Waals surface area (Å²) >= 11 is 5.51. The monoisotopic (exact) mass is 455 g/mol. The summed E-state index contributed by atoms with van der Waals surface area (Å²) in [6, 6.07) is 43.9. The molecule has 0 saturated carbocycles. The Hall–Kier alpha value is -1.77. The van der Waals surface area contributed by atoms with Crippen LogP contribution >= 0.6 is 15.8 Å². The summed E-state index contributed by atoms with van der Waals surface area (Å²) in [6.45, 7) is 0. The van der Waals surface area contributed by atoms with Crippen LogP contribution in [0.15, 0.2) is 121 Å². The molecule has 0 aliphatic carbocycles. The van der Waals surface area contributed by atoms with E-state index in [0.29, 0.717) is 5.40 Å². The van der Waals surface area contributed by atoms with Gasteiger partial charge in [-0.15, -0.1) is 0 Å². The van der Waals surface area contributed by atoms with Gasteiger partial charge in [0.25, 0.3) is 0 Å². The van der Waals surface area contributed by atoms with Crippen molar-refractivity contribution in [1.82, 2.24) is 0 Å². The summed E-state index contributed by atoms with van der Waals surface area (Å²) in [5, 5.41) is 6.84. The Labute approximate surface area is 184 Å². The van der Waals surface area contributed by atoms with E-state index < -0.39 is 15.8 Å². The van der Waals surface area contributed by atoms with Crippen LogP contribution in [0.5, 0.6) is 0 Å². The van der Waals surface area contributed by atoms with Gasteiger partial charge in [-0.1, -0.05) is 0 Å². The number of benzene rings is 4. The number of hydrogen-bond donors (Lipinski definition) is 0. The van der Waals surface area contributed by atoms with Crippen molar-refractivity contribution in [2.75, 3.05) is 0 Å². The minimum atomic E-state index is -0.566. The zero-order valence-electron chi connectivity index (χ0n) is 16.0. The number of rotatable bonds is 7. The van der Waals surface area contributed by atoms with Gasteiger partial charge in [-0.05, 0) is 0 Å². The van der Waals surface area contributed by atoms with Gasteiger partial charge in [-0.25, -0.2) is 0 Å². The van der Waals surface area contributed by atoms with Gasteiger partial charge in [0.15, 0.2) is 0 Å². The molecule has 4 aromatic carbocycles. The van der Waals surface area contributed by atoms with Crippen LogP contribution in [0.2, 0.25) is 5.39 Å². The van der Waals surface area contributed by atoms with Gasteiger partial charge in [0.05, 0.1) is 0 Å². The zero-order chi connectivity index (χ0) is 19.9. The van der Waals surface area contributed by atoms with Crippen molar-refractivity contribution < 1.29 is 15.5 Å². The zero-order valence-corrected chi connectivity index (χ0v) is 18.8. The van der Waals surface area contributed by atoms with Gasteiger partial charge in [0.1, 0.15) is 0 Å². The van der Waals surface area contributed by atoms with Crippen molar-refractivity contribution in [1.29, 1.82) is 0 Å². The summed E-state index contributed by atoms with van der Waals surface area (Å²) in [5.41, 5.74) is 0. The van der Waals surface area contributed by atoms with Crippen molar-refractivity contribution in [2.24, 2.45) is 0 Å². The Bertz CT molecular complexity index is 830. The van der Waals surface area contributed by atoms with Crippen LogP contribution in [-0.2, 0) is 15.5 Å². The first-order chi connectivity index (χ1) is 14.4. The molecule has 4 rings (SSSR count). The summed E-state index contributed by atoms with van der Waals surface area (Å²) in [5.74, 6) is 0. The van der Waals surface area contributed by atoms with E-state index in [0.717, 1.165) is 5.39 Å². The molecule has 0 unspecified atom stereocenters. The van der Waals surface area contributed by atoms with Crippen LogP contribution in [0, 0.1) is 0 Å². The Balaban J connectivity index is 1.88. The van der Waals surface area contributed by atoms with E-state index in [1.54, 1.807) is 0 Å². The summed E-state index contributed by atoms with van der Waals surface area (Å²) < 4.78 is 0. The van der Waals surface area contributed by atoms with E-state index >= 15 is 0 Å². The van der Waals surface area contributed by atoms with Gasteiger partial charge < -0.3 is 0 Å². The van der Waals surface area contributed by atoms with E-state index in [2.05, 4.69) is 121 Å². The Morgan fingerprint density at radius 3 is 0.897 bits per heavy atom. The molecule has 0 saturated heterocycles. The first-order valence-electron chi connectivity index (χ1n) is 9.69. The molecule has 0 nitrogen and oxygen atoms in total. The third kappa shape index (κ3) is 4.87. The summed E-state index contributed by atoms with van der Waals surface area (Å²) in [7, 11) is -1.13. The molecule has 0 aliphatic heterocycles. The van der Waals surface area contributed by atoms with Crippen molar-refractivity contribution in [2.45, 2.75) is 10.8 Å². The van der Waals surface area contributed by atoms with Gasteiger partial charge in [-0.3, -0.25) is 0 Å². The van der Waals surface area contributed by atoms with Crippen molar-refractivity contribution in [3.8, 4) is 0 Å². The molecule has 147 valence electrons. The van der Waals surface area contributed by atoms with Crippen molar-refractivity contribution >= 4 is 37.1 Å². The average Bonchev–Trinajstić information content (AvgIpc) is 2.81. The standard InChI is InChI=1S/C26H23P2.Ni/c1-22(27(23-14-6-2-7-15-23)24-16-8-3-9-17-24)28(25-18-10-4-11-19-25)26-20-12-5-13-21-26;/h2-22H,1H2;. The van der Waals surface area contributed by atoms with Gasteiger partial charge >= 0.3 is 185 Å². The molecule has 3 heteroatoms. The summed E-state index contributed by atoms with van der Waals surface area (Å²) in [4.78, 5) is 0. The second-order valence-corrected chi connectivity index (χ2v) is 12.3. The normalized spacial score (nSPS) is 11.3. The third-order valence-electron chi connectivity index (χ3n) is 4.85. The van der Waals surface area contributed by atoms with E-state index in [1.165, 1.54) is 21.2 Å². The average molecular weight is 456 g/mol. The van der Waals surface area contributed by atoms with Crippen LogP contribution in [0.1, 0.15) is 0 Å². The Morgan fingerprint density at radius 1 is 0.448 bits per heavy atom. The Morgan fingerprint density at radius 2 is 0.690 bits per heavy atom. The van der Waals surface area contributed by atoms with Gasteiger partial charge in [-0.2, -0.15) is 0 Å². The summed E-state index contributed by atoms with van der Waals surface area (Å²) in [6.07, 6.45) is 0.